The second kappa shape index (κ2) is 4.52. The maximum atomic E-state index is 11.1. The highest BCUT2D eigenvalue weighted by atomic mass is 16.4. The van der Waals surface area contributed by atoms with E-state index in [-0.39, 0.29) is 5.92 Å². The first-order valence-corrected chi connectivity index (χ1v) is 6.19. The fraction of sp³-hybridized carbons (Fsp3) is 0.917. The van der Waals surface area contributed by atoms with Crippen LogP contribution in [0.3, 0.4) is 0 Å². The number of carboxylic acids is 1. The number of likely N-dealkylation sites (tertiary alicyclic amines) is 1. The Balaban J connectivity index is 1.91. The second-order valence-corrected chi connectivity index (χ2v) is 5.02. The number of rotatable bonds is 3. The van der Waals surface area contributed by atoms with Gasteiger partial charge in [-0.05, 0) is 18.8 Å². The van der Waals surface area contributed by atoms with Crippen molar-refractivity contribution in [2.24, 2.45) is 11.8 Å². The van der Waals surface area contributed by atoms with Crippen LogP contribution in [0.5, 0.6) is 0 Å². The van der Waals surface area contributed by atoms with Crippen molar-refractivity contribution in [2.45, 2.75) is 45.1 Å². The van der Waals surface area contributed by atoms with Crippen molar-refractivity contribution in [2.75, 3.05) is 13.1 Å². The van der Waals surface area contributed by atoms with Crippen molar-refractivity contribution in [3.8, 4) is 0 Å². The van der Waals surface area contributed by atoms with Gasteiger partial charge >= 0.3 is 5.97 Å². The molecule has 0 aromatic heterocycles. The molecule has 0 radical (unpaired) electrons. The van der Waals surface area contributed by atoms with Crippen LogP contribution in [0.15, 0.2) is 0 Å². The summed E-state index contributed by atoms with van der Waals surface area (Å²) in [5, 5.41) is 9.17. The Bertz CT molecular complexity index is 236. The maximum Gasteiger partial charge on any atom is 0.308 e. The molecular weight excluding hydrogens is 190 g/mol. The minimum absolute atomic E-state index is 0.100. The van der Waals surface area contributed by atoms with E-state index in [1.807, 2.05) is 0 Å². The molecule has 0 amide bonds. The lowest BCUT2D eigenvalue weighted by Gasteiger charge is -2.47. The number of nitrogens with zero attached hydrogens (tertiary/aromatic N) is 1. The molecule has 86 valence electrons. The van der Waals surface area contributed by atoms with Gasteiger partial charge in [0.2, 0.25) is 0 Å². The van der Waals surface area contributed by atoms with Crippen LogP contribution >= 0.6 is 0 Å². The number of carboxylic acid groups (broad SMARTS) is 1. The summed E-state index contributed by atoms with van der Waals surface area (Å²) in [6, 6.07) is 0.332. The van der Waals surface area contributed by atoms with Gasteiger partial charge in [-0.25, -0.2) is 0 Å². The normalized spacial score (nSPS) is 33.7. The van der Waals surface area contributed by atoms with Crippen LogP contribution in [-0.4, -0.2) is 35.1 Å². The molecule has 3 heteroatoms. The molecule has 2 fully saturated rings. The molecule has 3 nitrogen and oxygen atoms in total. The van der Waals surface area contributed by atoms with E-state index in [2.05, 4.69) is 11.8 Å². The first-order valence-electron chi connectivity index (χ1n) is 6.19. The van der Waals surface area contributed by atoms with Gasteiger partial charge < -0.3 is 5.11 Å². The molecule has 2 atom stereocenters. The molecule has 2 aliphatic rings. The number of hydrogen-bond donors (Lipinski definition) is 1. The Morgan fingerprint density at radius 1 is 1.33 bits per heavy atom. The summed E-state index contributed by atoms with van der Waals surface area (Å²) >= 11 is 0. The summed E-state index contributed by atoms with van der Waals surface area (Å²) in [7, 11) is 0. The maximum absolute atomic E-state index is 11.1. The van der Waals surface area contributed by atoms with Crippen LogP contribution in [-0.2, 0) is 4.79 Å². The third-order valence-corrected chi connectivity index (χ3v) is 4.08. The molecule has 0 spiro atoms. The van der Waals surface area contributed by atoms with E-state index >= 15 is 0 Å². The number of carbonyl (C=O) groups is 1. The van der Waals surface area contributed by atoms with E-state index in [0.29, 0.717) is 6.04 Å². The Morgan fingerprint density at radius 3 is 2.60 bits per heavy atom. The van der Waals surface area contributed by atoms with E-state index < -0.39 is 5.97 Å². The predicted molar refractivity (Wildman–Crippen MR) is 58.7 cm³/mol. The monoisotopic (exact) mass is 211 g/mol. The highest BCUT2D eigenvalue weighted by Gasteiger charge is 2.39. The van der Waals surface area contributed by atoms with Gasteiger partial charge in [0, 0.05) is 19.1 Å². The van der Waals surface area contributed by atoms with Gasteiger partial charge in [0.25, 0.3) is 0 Å². The average Bonchev–Trinajstić information content (AvgIpc) is 2.16. The van der Waals surface area contributed by atoms with Crippen molar-refractivity contribution in [1.82, 2.24) is 4.90 Å². The highest BCUT2D eigenvalue weighted by molar-refractivity contribution is 5.71. The van der Waals surface area contributed by atoms with Crippen molar-refractivity contribution >= 4 is 5.97 Å². The van der Waals surface area contributed by atoms with Gasteiger partial charge in [0.15, 0.2) is 0 Å². The largest absolute Gasteiger partial charge is 0.481 e. The summed E-state index contributed by atoms with van der Waals surface area (Å²) < 4.78 is 0. The van der Waals surface area contributed by atoms with Crippen LogP contribution in [0.2, 0.25) is 0 Å². The van der Waals surface area contributed by atoms with Crippen LogP contribution in [0.4, 0.5) is 0 Å². The summed E-state index contributed by atoms with van der Waals surface area (Å²) in [5.41, 5.74) is 0. The van der Waals surface area contributed by atoms with Gasteiger partial charge in [-0.2, -0.15) is 0 Å². The zero-order valence-electron chi connectivity index (χ0n) is 9.48. The number of aliphatic carboxylic acids is 1. The fourth-order valence-electron chi connectivity index (χ4n) is 2.98. The van der Waals surface area contributed by atoms with Crippen molar-refractivity contribution in [1.29, 1.82) is 0 Å². The quantitative estimate of drug-likeness (QED) is 0.776. The van der Waals surface area contributed by atoms with Gasteiger partial charge in [0.1, 0.15) is 0 Å². The second-order valence-electron chi connectivity index (χ2n) is 5.02. The minimum Gasteiger partial charge on any atom is -0.481 e. The highest BCUT2D eigenvalue weighted by Crippen LogP contribution is 2.33. The zero-order chi connectivity index (χ0) is 10.8. The van der Waals surface area contributed by atoms with Crippen molar-refractivity contribution in [3.63, 3.8) is 0 Å². The molecule has 0 aromatic rings. The molecule has 0 bridgehead atoms. The van der Waals surface area contributed by atoms with Crippen molar-refractivity contribution in [3.05, 3.63) is 0 Å². The predicted octanol–water partition coefficient (Wildman–Crippen LogP) is 1.97. The lowest BCUT2D eigenvalue weighted by molar-refractivity contribution is -0.147. The zero-order valence-corrected chi connectivity index (χ0v) is 9.48. The Hall–Kier alpha value is -0.570. The first kappa shape index (κ1) is 10.9. The topological polar surface area (TPSA) is 40.5 Å². The Kier molecular flexibility index (Phi) is 3.29. The van der Waals surface area contributed by atoms with Crippen LogP contribution in [0.25, 0.3) is 0 Å². The summed E-state index contributed by atoms with van der Waals surface area (Å²) in [5.74, 6) is 0.137. The van der Waals surface area contributed by atoms with E-state index in [1.165, 1.54) is 12.8 Å². The van der Waals surface area contributed by atoms with Crippen LogP contribution in [0.1, 0.15) is 39.0 Å². The lowest BCUT2D eigenvalue weighted by Crippen LogP contribution is -2.56. The Morgan fingerprint density at radius 2 is 2.00 bits per heavy atom. The smallest absolute Gasteiger partial charge is 0.308 e. The van der Waals surface area contributed by atoms with Crippen LogP contribution < -0.4 is 0 Å². The molecule has 0 aromatic carbocycles. The molecule has 15 heavy (non-hydrogen) atoms. The van der Waals surface area contributed by atoms with E-state index in [1.54, 1.807) is 0 Å². The first-order chi connectivity index (χ1) is 7.22. The Labute approximate surface area is 91.5 Å². The molecule has 1 aliphatic heterocycles. The third-order valence-electron chi connectivity index (χ3n) is 4.08. The van der Waals surface area contributed by atoms with Gasteiger partial charge in [-0.3, -0.25) is 9.69 Å². The van der Waals surface area contributed by atoms with Crippen molar-refractivity contribution < 1.29 is 9.90 Å². The fourth-order valence-corrected chi connectivity index (χ4v) is 2.98. The van der Waals surface area contributed by atoms with Gasteiger partial charge in [-0.1, -0.05) is 26.2 Å². The molecule has 1 heterocycles. The summed E-state index contributed by atoms with van der Waals surface area (Å²) in [6.45, 7) is 4.48. The molecule has 1 saturated heterocycles. The van der Waals surface area contributed by atoms with Gasteiger partial charge in [0.05, 0.1) is 5.92 Å². The standard InChI is InChI=1S/C12H21NO2/c1-2-9-7-13(8-9)11-6-4-3-5-10(11)12(14)15/h9-11H,2-8H2,1H3,(H,14,15). The summed E-state index contributed by atoms with van der Waals surface area (Å²) in [4.78, 5) is 13.5. The number of hydrogen-bond acceptors (Lipinski definition) is 2. The average molecular weight is 211 g/mol. The van der Waals surface area contributed by atoms with E-state index in [0.717, 1.165) is 38.3 Å². The minimum atomic E-state index is -0.584. The summed E-state index contributed by atoms with van der Waals surface area (Å²) in [6.07, 6.45) is 5.52. The molecule has 2 rings (SSSR count). The molecule has 2 unspecified atom stereocenters. The SMILES string of the molecule is CCC1CN(C2CCCCC2C(=O)O)C1. The van der Waals surface area contributed by atoms with E-state index in [4.69, 9.17) is 0 Å². The molecule has 1 N–H and O–H groups in total. The molecular formula is C12H21NO2. The lowest BCUT2D eigenvalue weighted by atomic mass is 9.80. The molecule has 1 saturated carbocycles. The van der Waals surface area contributed by atoms with Gasteiger partial charge in [-0.15, -0.1) is 0 Å². The third kappa shape index (κ3) is 2.17. The molecule has 1 aliphatic carbocycles. The van der Waals surface area contributed by atoms with Crippen LogP contribution in [0, 0.1) is 11.8 Å². The van der Waals surface area contributed by atoms with E-state index in [9.17, 15) is 9.90 Å².